The fourth-order valence-corrected chi connectivity index (χ4v) is 5.39. The molecular formula is C24H22F2N8O2S. The van der Waals surface area contributed by atoms with Gasteiger partial charge in [0.2, 0.25) is 0 Å². The summed E-state index contributed by atoms with van der Waals surface area (Å²) in [5.41, 5.74) is 8.95. The van der Waals surface area contributed by atoms with E-state index in [1.807, 2.05) is 26.8 Å². The molecule has 0 aliphatic carbocycles. The Bertz CT molecular complexity index is 1720. The molecule has 10 nitrogen and oxygen atoms in total. The van der Waals surface area contributed by atoms with Crippen LogP contribution in [0.3, 0.4) is 0 Å². The number of hydrogen-bond acceptors (Lipinski definition) is 7. The summed E-state index contributed by atoms with van der Waals surface area (Å²) >= 11 is 0.841. The Hall–Kier alpha value is -4.26. The van der Waals surface area contributed by atoms with Gasteiger partial charge in [-0.1, -0.05) is 0 Å². The number of carbonyl (C=O) groups is 2. The third kappa shape index (κ3) is 4.00. The third-order valence-electron chi connectivity index (χ3n) is 6.08. The van der Waals surface area contributed by atoms with Gasteiger partial charge in [-0.05, 0) is 45.4 Å². The summed E-state index contributed by atoms with van der Waals surface area (Å²) in [4.78, 5) is 34.5. The van der Waals surface area contributed by atoms with Crippen molar-refractivity contribution in [3.8, 4) is 11.1 Å². The van der Waals surface area contributed by atoms with E-state index in [0.717, 1.165) is 22.7 Å². The van der Waals surface area contributed by atoms with Crippen LogP contribution < -0.4 is 11.1 Å². The molecule has 0 fully saturated rings. The fraction of sp³-hybridized carbons (Fsp3) is 0.250. The quantitative estimate of drug-likeness (QED) is 0.337. The highest BCUT2D eigenvalue weighted by Crippen LogP contribution is 2.43. The van der Waals surface area contributed by atoms with Crippen LogP contribution in [0.5, 0.6) is 0 Å². The minimum atomic E-state index is -2.85. The lowest BCUT2D eigenvalue weighted by atomic mass is 10.0. The summed E-state index contributed by atoms with van der Waals surface area (Å²) in [5, 5.41) is 11.7. The van der Waals surface area contributed by atoms with Crippen LogP contribution in [0.15, 0.2) is 24.5 Å². The Morgan fingerprint density at radius 3 is 2.51 bits per heavy atom. The Balaban J connectivity index is 1.74. The minimum absolute atomic E-state index is 0.0131. The average Bonchev–Trinajstić information content (AvgIpc) is 3.53. The number of primary amides is 1. The molecule has 13 heteroatoms. The van der Waals surface area contributed by atoms with E-state index >= 15 is 0 Å². The number of nitrogens with two attached hydrogens (primary N) is 1. The molecule has 3 N–H and O–H groups in total. The zero-order valence-corrected chi connectivity index (χ0v) is 21.2. The standard InChI is InChI=1S/C24H22F2N8O2S/c1-5-33-12(4)14(8-28-33)13-7-16(20(25)26)31-24-17(13)18(19(37-24)21(27)35)32-23(36)15-9-29-34-11(3)6-10(2)30-22(15)34/h6-9,20H,5H2,1-4H3,(H2,27,35)(H,32,36). The molecule has 0 saturated carbocycles. The van der Waals surface area contributed by atoms with E-state index in [4.69, 9.17) is 5.73 Å². The van der Waals surface area contributed by atoms with Crippen LogP contribution in [-0.2, 0) is 6.54 Å². The lowest BCUT2D eigenvalue weighted by molar-refractivity contribution is 0.100. The highest BCUT2D eigenvalue weighted by atomic mass is 32.1. The number of nitrogens with one attached hydrogen (secondary N) is 1. The molecule has 0 atom stereocenters. The van der Waals surface area contributed by atoms with Gasteiger partial charge in [0.25, 0.3) is 18.2 Å². The molecule has 0 aliphatic rings. The number of alkyl halides is 2. The number of pyridine rings is 1. The molecule has 5 aromatic rings. The number of halogens is 2. The van der Waals surface area contributed by atoms with Gasteiger partial charge in [-0.2, -0.15) is 10.2 Å². The second kappa shape index (κ2) is 9.00. The number of thiophene rings is 1. The van der Waals surface area contributed by atoms with Gasteiger partial charge < -0.3 is 11.1 Å². The lowest BCUT2D eigenvalue weighted by Gasteiger charge is -2.11. The first-order chi connectivity index (χ1) is 17.6. The number of aromatic nitrogens is 6. The summed E-state index contributed by atoms with van der Waals surface area (Å²) in [6, 6.07) is 3.09. The Labute approximate surface area is 213 Å². The normalized spacial score (nSPS) is 11.6. The molecule has 0 bridgehead atoms. The van der Waals surface area contributed by atoms with Crippen molar-refractivity contribution >= 4 is 44.7 Å². The van der Waals surface area contributed by atoms with E-state index in [0.29, 0.717) is 34.4 Å². The monoisotopic (exact) mass is 524 g/mol. The highest BCUT2D eigenvalue weighted by Gasteiger charge is 2.27. The van der Waals surface area contributed by atoms with E-state index in [1.54, 1.807) is 17.8 Å². The minimum Gasteiger partial charge on any atom is -0.365 e. The van der Waals surface area contributed by atoms with Gasteiger partial charge in [-0.15, -0.1) is 11.3 Å². The van der Waals surface area contributed by atoms with Crippen molar-refractivity contribution in [2.45, 2.75) is 40.7 Å². The van der Waals surface area contributed by atoms with Gasteiger partial charge >= 0.3 is 0 Å². The second-order valence-electron chi connectivity index (χ2n) is 8.49. The summed E-state index contributed by atoms with van der Waals surface area (Å²) in [6.45, 7) is 7.94. The van der Waals surface area contributed by atoms with E-state index in [9.17, 15) is 18.4 Å². The number of hydrogen-bond donors (Lipinski definition) is 2. The van der Waals surface area contributed by atoms with Gasteiger partial charge in [0.05, 0.1) is 18.1 Å². The van der Waals surface area contributed by atoms with Crippen molar-refractivity contribution in [1.29, 1.82) is 0 Å². The van der Waals surface area contributed by atoms with Crippen LogP contribution in [0.2, 0.25) is 0 Å². The van der Waals surface area contributed by atoms with Gasteiger partial charge in [0.15, 0.2) is 5.65 Å². The van der Waals surface area contributed by atoms with E-state index in [-0.39, 0.29) is 21.0 Å². The molecule has 2 amide bonds. The number of rotatable bonds is 6. The number of anilines is 1. The van der Waals surface area contributed by atoms with Crippen LogP contribution in [0.1, 0.15) is 56.2 Å². The zero-order chi connectivity index (χ0) is 26.6. The van der Waals surface area contributed by atoms with E-state index in [2.05, 4.69) is 25.5 Å². The number of carbonyl (C=O) groups excluding carboxylic acids is 2. The molecule has 0 aromatic carbocycles. The summed E-state index contributed by atoms with van der Waals surface area (Å²) in [5.74, 6) is -1.41. The predicted octanol–water partition coefficient (Wildman–Crippen LogP) is 4.44. The molecular weight excluding hydrogens is 502 g/mol. The van der Waals surface area contributed by atoms with Crippen molar-refractivity contribution in [1.82, 2.24) is 29.4 Å². The number of nitrogens with zero attached hydrogens (tertiary/aromatic N) is 6. The molecule has 190 valence electrons. The van der Waals surface area contributed by atoms with Gasteiger partial charge in [-0.3, -0.25) is 14.3 Å². The average molecular weight is 525 g/mol. The molecule has 0 saturated heterocycles. The molecule has 5 aromatic heterocycles. The molecule has 37 heavy (non-hydrogen) atoms. The summed E-state index contributed by atoms with van der Waals surface area (Å²) in [7, 11) is 0. The van der Waals surface area contributed by atoms with Gasteiger partial charge in [-0.25, -0.2) is 23.3 Å². The van der Waals surface area contributed by atoms with Crippen LogP contribution in [0.25, 0.3) is 27.0 Å². The maximum atomic E-state index is 13.8. The number of fused-ring (bicyclic) bond motifs is 2. The first-order valence-corrected chi connectivity index (χ1v) is 12.1. The first kappa shape index (κ1) is 24.4. The predicted molar refractivity (Wildman–Crippen MR) is 135 cm³/mol. The molecule has 5 heterocycles. The Morgan fingerprint density at radius 2 is 1.86 bits per heavy atom. The molecule has 5 rings (SSSR count). The largest absolute Gasteiger partial charge is 0.365 e. The maximum Gasteiger partial charge on any atom is 0.280 e. The molecule has 0 radical (unpaired) electrons. The third-order valence-corrected chi connectivity index (χ3v) is 7.18. The van der Waals surface area contributed by atoms with Crippen molar-refractivity contribution < 1.29 is 18.4 Å². The number of amides is 2. The van der Waals surface area contributed by atoms with Crippen molar-refractivity contribution in [2.75, 3.05) is 5.32 Å². The van der Waals surface area contributed by atoms with Crippen LogP contribution in [0, 0.1) is 20.8 Å². The zero-order valence-electron chi connectivity index (χ0n) is 20.3. The Morgan fingerprint density at radius 1 is 1.11 bits per heavy atom. The van der Waals surface area contributed by atoms with Gasteiger partial charge in [0.1, 0.15) is 21.0 Å². The van der Waals surface area contributed by atoms with Crippen LogP contribution in [-0.4, -0.2) is 41.2 Å². The highest BCUT2D eigenvalue weighted by molar-refractivity contribution is 7.21. The second-order valence-corrected chi connectivity index (χ2v) is 9.49. The van der Waals surface area contributed by atoms with Crippen LogP contribution in [0.4, 0.5) is 14.5 Å². The summed E-state index contributed by atoms with van der Waals surface area (Å²) < 4.78 is 30.8. The van der Waals surface area contributed by atoms with Crippen LogP contribution >= 0.6 is 11.3 Å². The first-order valence-electron chi connectivity index (χ1n) is 11.3. The van der Waals surface area contributed by atoms with Crippen molar-refractivity contribution in [3.05, 3.63) is 57.7 Å². The lowest BCUT2D eigenvalue weighted by Crippen LogP contribution is -2.17. The van der Waals surface area contributed by atoms with Crippen molar-refractivity contribution in [3.63, 3.8) is 0 Å². The van der Waals surface area contributed by atoms with E-state index in [1.165, 1.54) is 16.8 Å². The Kier molecular flexibility index (Phi) is 5.94. The number of aryl methyl sites for hydroxylation is 3. The maximum absolute atomic E-state index is 13.8. The fourth-order valence-electron chi connectivity index (χ4n) is 4.38. The molecule has 0 aliphatic heterocycles. The topological polar surface area (TPSA) is 133 Å². The van der Waals surface area contributed by atoms with Crippen molar-refractivity contribution in [2.24, 2.45) is 5.73 Å². The van der Waals surface area contributed by atoms with Gasteiger partial charge in [0, 0.05) is 34.6 Å². The molecule has 0 unspecified atom stereocenters. The summed E-state index contributed by atoms with van der Waals surface area (Å²) in [6.07, 6.45) is 0.0984. The SMILES string of the molecule is CCn1ncc(-c2cc(C(F)F)nc3sc(C(N)=O)c(NC(=O)c4cnn5c(C)cc(C)nc45)c23)c1C. The molecule has 0 spiro atoms. The van der Waals surface area contributed by atoms with E-state index < -0.39 is 23.9 Å². The smallest absolute Gasteiger partial charge is 0.280 e.